The molecule has 0 saturated carbocycles. The highest BCUT2D eigenvalue weighted by molar-refractivity contribution is 8.06. The zero-order chi connectivity index (χ0) is 14.1. The molecule has 0 aliphatic carbocycles. The van der Waals surface area contributed by atoms with Crippen molar-refractivity contribution in [1.29, 1.82) is 0 Å². The van der Waals surface area contributed by atoms with Gasteiger partial charge in [0.25, 0.3) is 0 Å². The molecule has 2 heterocycles. The van der Waals surface area contributed by atoms with E-state index >= 15 is 0 Å². The van der Waals surface area contributed by atoms with Crippen molar-refractivity contribution in [2.24, 2.45) is 0 Å². The number of benzene rings is 2. The van der Waals surface area contributed by atoms with Crippen LogP contribution >= 0.6 is 11.8 Å². The molecule has 0 bridgehead atoms. The smallest absolute Gasteiger partial charge is 0.113 e. The second kappa shape index (κ2) is 5.10. The maximum Gasteiger partial charge on any atom is 0.113 e. The molecule has 2 aromatic carbocycles. The van der Waals surface area contributed by atoms with Crippen molar-refractivity contribution in [3.05, 3.63) is 70.6 Å². The van der Waals surface area contributed by atoms with Gasteiger partial charge in [0.1, 0.15) is 5.52 Å². The minimum absolute atomic E-state index is 0.897. The molecule has 1 aliphatic heterocycles. The van der Waals surface area contributed by atoms with Gasteiger partial charge in [-0.2, -0.15) is 0 Å². The minimum Gasteiger partial charge on any atom is -0.348 e. The van der Waals surface area contributed by atoms with Crippen LogP contribution in [0, 0.1) is 0 Å². The fourth-order valence-electron chi connectivity index (χ4n) is 2.23. The van der Waals surface area contributed by atoms with Crippen LogP contribution in [0.2, 0.25) is 0 Å². The van der Waals surface area contributed by atoms with Gasteiger partial charge >= 0.3 is 0 Å². The van der Waals surface area contributed by atoms with Crippen molar-refractivity contribution in [2.45, 2.75) is 0 Å². The van der Waals surface area contributed by atoms with E-state index in [1.807, 2.05) is 48.7 Å². The van der Waals surface area contributed by atoms with Gasteiger partial charge in [0.05, 0.1) is 22.4 Å². The normalized spacial score (nSPS) is 16.2. The Morgan fingerprint density at radius 3 is 2.71 bits per heavy atom. The van der Waals surface area contributed by atoms with Gasteiger partial charge in [-0.3, -0.25) is 0 Å². The van der Waals surface area contributed by atoms with Crippen LogP contribution in [-0.4, -0.2) is 15.0 Å². The Morgan fingerprint density at radius 1 is 1.00 bits per heavy atom. The monoisotopic (exact) mass is 292 g/mol. The third kappa shape index (κ3) is 2.32. The Hall–Kier alpha value is -2.53. The molecular weight excluding hydrogens is 280 g/mol. The predicted octanol–water partition coefficient (Wildman–Crippen LogP) is 3.52. The van der Waals surface area contributed by atoms with E-state index in [1.54, 1.807) is 16.4 Å². The Morgan fingerprint density at radius 2 is 1.81 bits per heavy atom. The first kappa shape index (κ1) is 12.2. The van der Waals surface area contributed by atoms with Gasteiger partial charge in [-0.15, -0.1) is 5.10 Å². The maximum atomic E-state index is 4.17. The van der Waals surface area contributed by atoms with Crippen LogP contribution < -0.4 is 5.32 Å². The molecule has 3 aromatic rings. The molecule has 0 spiro atoms. The summed E-state index contributed by atoms with van der Waals surface area (Å²) < 4.78 is 1.80. The molecule has 1 aliphatic rings. The lowest BCUT2D eigenvalue weighted by Crippen LogP contribution is -2.05. The van der Waals surface area contributed by atoms with Crippen LogP contribution in [0.4, 0.5) is 0 Å². The molecule has 0 unspecified atom stereocenters. The van der Waals surface area contributed by atoms with E-state index in [0.717, 1.165) is 21.8 Å². The van der Waals surface area contributed by atoms with E-state index < -0.39 is 0 Å². The van der Waals surface area contributed by atoms with Crippen molar-refractivity contribution in [3.8, 4) is 0 Å². The standard InChI is InChI=1S/C16H12N4S/c1-2-6-12(7-3-1)14-11-21-16(17-14)10-20-15-9-5-4-8-13(15)18-19-20/h1-11,17H. The Labute approximate surface area is 126 Å². The first-order chi connectivity index (χ1) is 10.4. The summed E-state index contributed by atoms with van der Waals surface area (Å²) >= 11 is 1.65. The molecule has 0 fully saturated rings. The lowest BCUT2D eigenvalue weighted by Gasteiger charge is -2.04. The average molecular weight is 292 g/mol. The van der Waals surface area contributed by atoms with E-state index in [2.05, 4.69) is 33.2 Å². The second-order valence-electron chi connectivity index (χ2n) is 4.66. The van der Waals surface area contributed by atoms with Gasteiger partial charge < -0.3 is 5.32 Å². The highest BCUT2D eigenvalue weighted by Crippen LogP contribution is 2.30. The number of thioether (sulfide) groups is 1. The number of rotatable bonds is 2. The van der Waals surface area contributed by atoms with E-state index in [1.165, 1.54) is 5.56 Å². The van der Waals surface area contributed by atoms with Crippen LogP contribution in [0.3, 0.4) is 0 Å². The van der Waals surface area contributed by atoms with Crippen molar-refractivity contribution in [2.75, 3.05) is 0 Å². The Bertz CT molecular complexity index is 849. The zero-order valence-corrected chi connectivity index (χ0v) is 11.9. The molecular formula is C16H12N4S. The molecule has 0 atom stereocenters. The summed E-state index contributed by atoms with van der Waals surface area (Å²) in [6, 6.07) is 18.2. The predicted molar refractivity (Wildman–Crippen MR) is 86.9 cm³/mol. The summed E-state index contributed by atoms with van der Waals surface area (Å²) in [5.74, 6) is 0. The molecule has 1 aromatic heterocycles. The highest BCUT2D eigenvalue weighted by Gasteiger charge is 2.12. The molecule has 4 rings (SSSR count). The number of nitrogens with zero attached hydrogens (tertiary/aromatic N) is 3. The fourth-order valence-corrected chi connectivity index (χ4v) is 3.00. The summed E-state index contributed by atoms with van der Waals surface area (Å²) in [6.45, 7) is 0. The lowest BCUT2D eigenvalue weighted by atomic mass is 10.2. The molecule has 1 N–H and O–H groups in total. The summed E-state index contributed by atoms with van der Waals surface area (Å²) in [4.78, 5) is 0. The number of fused-ring (bicyclic) bond motifs is 1. The number of hydrogen-bond acceptors (Lipinski definition) is 4. The van der Waals surface area contributed by atoms with Crippen molar-refractivity contribution in [3.63, 3.8) is 0 Å². The average Bonchev–Trinajstić information content (AvgIpc) is 3.17. The first-order valence-electron chi connectivity index (χ1n) is 6.61. The van der Waals surface area contributed by atoms with Crippen molar-refractivity contribution >= 4 is 34.7 Å². The largest absolute Gasteiger partial charge is 0.348 e. The molecule has 4 nitrogen and oxygen atoms in total. The van der Waals surface area contributed by atoms with Gasteiger partial charge in [0.2, 0.25) is 0 Å². The third-order valence-electron chi connectivity index (χ3n) is 3.26. The second-order valence-corrected chi connectivity index (χ2v) is 5.57. The van der Waals surface area contributed by atoms with Crippen LogP contribution in [0.5, 0.6) is 0 Å². The number of nitrogens with one attached hydrogen (secondary N) is 1. The van der Waals surface area contributed by atoms with E-state index in [4.69, 9.17) is 0 Å². The Balaban J connectivity index is 1.62. The van der Waals surface area contributed by atoms with Crippen molar-refractivity contribution in [1.82, 2.24) is 20.3 Å². The Kier molecular flexibility index (Phi) is 2.97. The number of aromatic nitrogens is 3. The van der Waals surface area contributed by atoms with Crippen LogP contribution in [0.25, 0.3) is 22.9 Å². The van der Waals surface area contributed by atoms with Gasteiger partial charge in [0, 0.05) is 5.41 Å². The summed E-state index contributed by atoms with van der Waals surface area (Å²) in [5.41, 5.74) is 4.18. The number of hydrogen-bond donors (Lipinski definition) is 1. The van der Waals surface area contributed by atoms with E-state index in [9.17, 15) is 0 Å². The maximum absolute atomic E-state index is 4.17. The van der Waals surface area contributed by atoms with Gasteiger partial charge in [-0.05, 0) is 17.7 Å². The van der Waals surface area contributed by atoms with Gasteiger partial charge in [-0.25, -0.2) is 4.68 Å². The zero-order valence-electron chi connectivity index (χ0n) is 11.1. The van der Waals surface area contributed by atoms with Crippen molar-refractivity contribution < 1.29 is 0 Å². The third-order valence-corrected chi connectivity index (χ3v) is 4.08. The minimum atomic E-state index is 0.897. The quantitative estimate of drug-likeness (QED) is 0.784. The van der Waals surface area contributed by atoms with Crippen LogP contribution in [0.1, 0.15) is 5.56 Å². The van der Waals surface area contributed by atoms with E-state index in [-0.39, 0.29) is 0 Å². The first-order valence-corrected chi connectivity index (χ1v) is 7.49. The van der Waals surface area contributed by atoms with Crippen LogP contribution in [0.15, 0.2) is 65.0 Å². The lowest BCUT2D eigenvalue weighted by molar-refractivity contribution is 0.857. The van der Waals surface area contributed by atoms with E-state index in [0.29, 0.717) is 0 Å². The molecule has 102 valence electrons. The number of para-hydroxylation sites is 1. The fraction of sp³-hybridized carbons (Fsp3) is 0. The summed E-state index contributed by atoms with van der Waals surface area (Å²) in [6.07, 6.45) is 1.96. The highest BCUT2D eigenvalue weighted by atomic mass is 32.2. The van der Waals surface area contributed by atoms with Gasteiger partial charge in [0.15, 0.2) is 0 Å². The topological polar surface area (TPSA) is 42.7 Å². The SMILES string of the molecule is C(=C1NC(c2ccccc2)=CS1)n1nnc2ccccc21. The molecule has 21 heavy (non-hydrogen) atoms. The molecule has 0 radical (unpaired) electrons. The molecule has 5 heteroatoms. The summed E-state index contributed by atoms with van der Waals surface area (Å²) in [7, 11) is 0. The van der Waals surface area contributed by atoms with Gasteiger partial charge in [-0.1, -0.05) is 59.4 Å². The molecule has 0 saturated heterocycles. The summed E-state index contributed by atoms with van der Waals surface area (Å²) in [5, 5.41) is 14.9. The molecule has 0 amide bonds. The van der Waals surface area contributed by atoms with Crippen LogP contribution in [-0.2, 0) is 0 Å².